The van der Waals surface area contributed by atoms with Crippen molar-refractivity contribution in [2.24, 2.45) is 0 Å². The van der Waals surface area contributed by atoms with Crippen molar-refractivity contribution < 1.29 is 14.3 Å². The summed E-state index contributed by atoms with van der Waals surface area (Å²) in [5, 5.41) is 2.96. The number of anilines is 1. The first-order chi connectivity index (χ1) is 14.0. The van der Waals surface area contributed by atoms with E-state index in [-0.39, 0.29) is 17.2 Å². The van der Waals surface area contributed by atoms with Gasteiger partial charge in [0, 0.05) is 36.3 Å². The zero-order valence-electron chi connectivity index (χ0n) is 16.9. The Kier molecular flexibility index (Phi) is 5.39. The first-order valence-corrected chi connectivity index (χ1v) is 10.0. The van der Waals surface area contributed by atoms with Crippen LogP contribution < -0.4 is 10.2 Å². The maximum atomic E-state index is 13.2. The Morgan fingerprint density at radius 2 is 1.86 bits per heavy atom. The quantitative estimate of drug-likeness (QED) is 0.845. The van der Waals surface area contributed by atoms with Crippen molar-refractivity contribution in [2.45, 2.75) is 17.9 Å². The summed E-state index contributed by atoms with van der Waals surface area (Å²) < 4.78 is 5.94. The van der Waals surface area contributed by atoms with E-state index in [1.54, 1.807) is 0 Å². The van der Waals surface area contributed by atoms with Gasteiger partial charge >= 0.3 is 0 Å². The van der Waals surface area contributed by atoms with Gasteiger partial charge in [-0.05, 0) is 44.3 Å². The number of rotatable bonds is 5. The van der Waals surface area contributed by atoms with Crippen LogP contribution in [0.4, 0.5) is 5.69 Å². The fourth-order valence-electron chi connectivity index (χ4n) is 4.26. The third-order valence-electron chi connectivity index (χ3n) is 5.78. The number of likely N-dealkylation sites (N-methyl/N-ethyl adjacent to an activating group) is 1. The summed E-state index contributed by atoms with van der Waals surface area (Å²) in [6.07, 6.45) is 0.0908. The van der Waals surface area contributed by atoms with Gasteiger partial charge in [0.2, 0.25) is 5.91 Å². The third-order valence-corrected chi connectivity index (χ3v) is 5.78. The van der Waals surface area contributed by atoms with Gasteiger partial charge in [-0.3, -0.25) is 9.59 Å². The second-order valence-corrected chi connectivity index (χ2v) is 8.15. The monoisotopic (exact) mass is 393 g/mol. The fourth-order valence-corrected chi connectivity index (χ4v) is 4.26. The molecule has 2 aromatic carbocycles. The largest absolute Gasteiger partial charge is 0.367 e. The number of carbonyl (C=O) groups excluding carboxylic acids is 2. The predicted molar refractivity (Wildman–Crippen MR) is 112 cm³/mol. The van der Waals surface area contributed by atoms with E-state index >= 15 is 0 Å². The number of ether oxygens (including phenoxy) is 1. The molecule has 6 nitrogen and oxygen atoms in total. The van der Waals surface area contributed by atoms with Crippen molar-refractivity contribution in [3.05, 3.63) is 65.7 Å². The van der Waals surface area contributed by atoms with Crippen molar-refractivity contribution in [1.29, 1.82) is 0 Å². The highest BCUT2D eigenvalue weighted by molar-refractivity contribution is 6.07. The van der Waals surface area contributed by atoms with Crippen LogP contribution in [-0.2, 0) is 14.9 Å². The molecule has 29 heavy (non-hydrogen) atoms. The number of carbonyl (C=O) groups is 2. The van der Waals surface area contributed by atoms with E-state index in [1.165, 1.54) is 0 Å². The van der Waals surface area contributed by atoms with Crippen molar-refractivity contribution in [1.82, 2.24) is 10.2 Å². The van der Waals surface area contributed by atoms with Gasteiger partial charge in [0.15, 0.2) is 0 Å². The summed E-state index contributed by atoms with van der Waals surface area (Å²) in [5.74, 6) is -0.0946. The maximum Gasteiger partial charge on any atom is 0.258 e. The highest BCUT2D eigenvalue weighted by Crippen LogP contribution is 2.47. The van der Waals surface area contributed by atoms with Crippen LogP contribution in [0.1, 0.15) is 22.3 Å². The van der Waals surface area contributed by atoms with Gasteiger partial charge in [0.25, 0.3) is 5.91 Å². The summed E-state index contributed by atoms with van der Waals surface area (Å²) in [6, 6.07) is 17.3. The normalized spacial score (nSPS) is 22.9. The smallest absolute Gasteiger partial charge is 0.258 e. The van der Waals surface area contributed by atoms with Crippen molar-refractivity contribution in [3.63, 3.8) is 0 Å². The van der Waals surface area contributed by atoms with Crippen LogP contribution in [0.25, 0.3) is 0 Å². The van der Waals surface area contributed by atoms with E-state index in [0.29, 0.717) is 31.7 Å². The molecular formula is C23H27N3O3. The molecule has 2 aliphatic rings. The van der Waals surface area contributed by atoms with Gasteiger partial charge in [-0.15, -0.1) is 0 Å². The van der Waals surface area contributed by atoms with Crippen LogP contribution >= 0.6 is 0 Å². The van der Waals surface area contributed by atoms with Crippen LogP contribution in [-0.4, -0.2) is 63.2 Å². The number of benzene rings is 2. The minimum Gasteiger partial charge on any atom is -0.367 e. The predicted octanol–water partition coefficient (Wildman–Crippen LogP) is 2.05. The van der Waals surface area contributed by atoms with Crippen LogP contribution in [0.2, 0.25) is 0 Å². The summed E-state index contributed by atoms with van der Waals surface area (Å²) in [5.41, 5.74) is 2.33. The third kappa shape index (κ3) is 3.78. The molecule has 0 unspecified atom stereocenters. The minimum absolute atomic E-state index is 0.0196. The number of hydrogen-bond acceptors (Lipinski definition) is 4. The van der Waals surface area contributed by atoms with Gasteiger partial charge < -0.3 is 19.9 Å². The standard InChI is InChI=1S/C23H27N3O3/c1-25(2)13-12-24-21(27)20-14-23(16-29-20)15-26(19-11-7-6-10-18(19)23)22(28)17-8-4-3-5-9-17/h3-11,20H,12-16H2,1-2H3,(H,24,27)/t20-,23-/m0/s1. The van der Waals surface area contributed by atoms with E-state index in [4.69, 9.17) is 4.74 Å². The van der Waals surface area contributed by atoms with E-state index in [0.717, 1.165) is 17.8 Å². The summed E-state index contributed by atoms with van der Waals surface area (Å²) in [7, 11) is 3.95. The van der Waals surface area contributed by atoms with Gasteiger partial charge in [-0.1, -0.05) is 36.4 Å². The Balaban J connectivity index is 1.53. The molecule has 2 amide bonds. The molecule has 152 valence electrons. The highest BCUT2D eigenvalue weighted by Gasteiger charge is 2.51. The average Bonchev–Trinajstić information content (AvgIpc) is 3.31. The Morgan fingerprint density at radius 3 is 2.62 bits per heavy atom. The number of nitrogens with one attached hydrogen (secondary N) is 1. The molecule has 0 aliphatic carbocycles. The minimum atomic E-state index is -0.489. The van der Waals surface area contributed by atoms with Gasteiger partial charge in [0.05, 0.1) is 6.61 Å². The maximum absolute atomic E-state index is 13.2. The Bertz CT molecular complexity index is 899. The van der Waals surface area contributed by atoms with Crippen LogP contribution in [0.5, 0.6) is 0 Å². The SMILES string of the molecule is CN(C)CCNC(=O)[C@@H]1C[C@@]2(CO1)CN(C(=O)c1ccccc1)c1ccccc12. The van der Waals surface area contributed by atoms with E-state index in [2.05, 4.69) is 11.4 Å². The van der Waals surface area contributed by atoms with Crippen molar-refractivity contribution in [3.8, 4) is 0 Å². The summed E-state index contributed by atoms with van der Waals surface area (Å²) >= 11 is 0. The molecule has 1 N–H and O–H groups in total. The lowest BCUT2D eigenvalue weighted by molar-refractivity contribution is -0.130. The molecule has 4 rings (SSSR count). The molecule has 6 heteroatoms. The second-order valence-electron chi connectivity index (χ2n) is 8.15. The highest BCUT2D eigenvalue weighted by atomic mass is 16.5. The second kappa shape index (κ2) is 7.97. The number of para-hydroxylation sites is 1. The summed E-state index contributed by atoms with van der Waals surface area (Å²) in [6.45, 7) is 2.34. The molecule has 0 radical (unpaired) electrons. The lowest BCUT2D eigenvalue weighted by Crippen LogP contribution is -2.40. The average molecular weight is 393 g/mol. The number of nitrogens with zero attached hydrogens (tertiary/aromatic N) is 2. The van der Waals surface area contributed by atoms with Crippen molar-refractivity contribution in [2.75, 3.05) is 45.2 Å². The molecule has 1 spiro atoms. The van der Waals surface area contributed by atoms with E-state index < -0.39 is 6.10 Å². The zero-order chi connectivity index (χ0) is 20.4. The summed E-state index contributed by atoms with van der Waals surface area (Å²) in [4.78, 5) is 29.6. The van der Waals surface area contributed by atoms with Gasteiger partial charge in [-0.25, -0.2) is 0 Å². The number of fused-ring (bicyclic) bond motifs is 2. The lowest BCUT2D eigenvalue weighted by Gasteiger charge is -2.23. The molecule has 0 bridgehead atoms. The zero-order valence-corrected chi connectivity index (χ0v) is 16.9. The number of amides is 2. The first kappa shape index (κ1) is 19.6. The molecular weight excluding hydrogens is 366 g/mol. The molecule has 2 aromatic rings. The van der Waals surface area contributed by atoms with E-state index in [9.17, 15) is 9.59 Å². The van der Waals surface area contributed by atoms with Crippen LogP contribution in [0.15, 0.2) is 54.6 Å². The number of hydrogen-bond donors (Lipinski definition) is 1. The molecule has 2 aliphatic heterocycles. The topological polar surface area (TPSA) is 61.9 Å². The fraction of sp³-hybridized carbons (Fsp3) is 0.391. The lowest BCUT2D eigenvalue weighted by atomic mass is 9.80. The Labute approximate surface area is 171 Å². The Hall–Kier alpha value is -2.70. The molecule has 0 aromatic heterocycles. The first-order valence-electron chi connectivity index (χ1n) is 10.0. The molecule has 1 fully saturated rings. The van der Waals surface area contributed by atoms with Gasteiger partial charge in [0.1, 0.15) is 6.10 Å². The molecule has 2 heterocycles. The van der Waals surface area contributed by atoms with E-state index in [1.807, 2.05) is 72.4 Å². The molecule has 1 saturated heterocycles. The van der Waals surface area contributed by atoms with Crippen LogP contribution in [0, 0.1) is 0 Å². The molecule has 0 saturated carbocycles. The van der Waals surface area contributed by atoms with Gasteiger partial charge in [-0.2, -0.15) is 0 Å². The molecule has 2 atom stereocenters. The van der Waals surface area contributed by atoms with Crippen LogP contribution in [0.3, 0.4) is 0 Å². The van der Waals surface area contributed by atoms with Crippen molar-refractivity contribution >= 4 is 17.5 Å². The Morgan fingerprint density at radius 1 is 1.14 bits per heavy atom.